The molecule has 4 rings (SSSR count). The SMILES string of the molecule is CCSc1ccc(NCC#Cc2cc3c(NC4CCN(CC(O)CO)CC4)cccc3n2CC(F)(F)F)cc1. The first-order valence-electron chi connectivity index (χ1n) is 13.2. The van der Waals surface area contributed by atoms with Crippen LogP contribution in [-0.4, -0.2) is 76.5 Å². The average molecular weight is 561 g/mol. The summed E-state index contributed by atoms with van der Waals surface area (Å²) in [7, 11) is 0. The van der Waals surface area contributed by atoms with Crippen LogP contribution in [0.25, 0.3) is 10.9 Å². The fourth-order valence-corrected chi connectivity index (χ4v) is 5.48. The predicted octanol–water partition coefficient (Wildman–Crippen LogP) is 5.01. The summed E-state index contributed by atoms with van der Waals surface area (Å²) in [6, 6.07) is 15.2. The molecule has 3 aromatic rings. The Kier molecular flexibility index (Phi) is 10.1. The lowest BCUT2D eigenvalue weighted by atomic mass is 10.0. The molecule has 0 radical (unpaired) electrons. The van der Waals surface area contributed by atoms with E-state index in [1.165, 1.54) is 9.46 Å². The lowest BCUT2D eigenvalue weighted by molar-refractivity contribution is -0.140. The maximum absolute atomic E-state index is 13.5. The second-order valence-corrected chi connectivity index (χ2v) is 11.0. The van der Waals surface area contributed by atoms with Gasteiger partial charge < -0.3 is 30.3 Å². The van der Waals surface area contributed by atoms with E-state index in [0.717, 1.165) is 43.1 Å². The molecule has 0 amide bonds. The number of hydrogen-bond donors (Lipinski definition) is 4. The molecule has 1 aliphatic heterocycles. The number of aliphatic hydroxyl groups is 2. The lowest BCUT2D eigenvalue weighted by Gasteiger charge is -2.33. The van der Waals surface area contributed by atoms with Crippen LogP contribution in [0.2, 0.25) is 0 Å². The molecule has 4 N–H and O–H groups in total. The molecule has 0 aliphatic carbocycles. The summed E-state index contributed by atoms with van der Waals surface area (Å²) in [5.41, 5.74) is 2.50. The summed E-state index contributed by atoms with van der Waals surface area (Å²) in [5, 5.41) is 26.2. The minimum absolute atomic E-state index is 0.157. The highest BCUT2D eigenvalue weighted by Crippen LogP contribution is 2.31. The Morgan fingerprint density at radius 2 is 1.87 bits per heavy atom. The Hall–Kier alpha value is -2.84. The van der Waals surface area contributed by atoms with E-state index >= 15 is 0 Å². The molecule has 1 unspecified atom stereocenters. The molecule has 210 valence electrons. The van der Waals surface area contributed by atoms with Crippen LogP contribution in [0.3, 0.4) is 0 Å². The van der Waals surface area contributed by atoms with Crippen molar-refractivity contribution in [1.29, 1.82) is 0 Å². The van der Waals surface area contributed by atoms with Gasteiger partial charge >= 0.3 is 6.18 Å². The van der Waals surface area contributed by atoms with Crippen LogP contribution in [-0.2, 0) is 6.54 Å². The third-order valence-electron chi connectivity index (χ3n) is 6.67. The lowest BCUT2D eigenvalue weighted by Crippen LogP contribution is -2.43. The standard InChI is InChI=1S/C29H35F3N4O2S/c1-2-39-25-10-8-21(9-11-25)33-14-4-5-23-17-26-27(6-3-7-28(26)36(23)20-29(30,31)32)34-22-12-15-35(16-13-22)18-24(38)19-37/h3,6-11,17,22,24,33-34,37-38H,2,12-16,18-20H2,1H3. The van der Waals surface area contributed by atoms with Gasteiger partial charge in [-0.25, -0.2) is 0 Å². The van der Waals surface area contributed by atoms with Gasteiger partial charge in [-0.05, 0) is 67.0 Å². The van der Waals surface area contributed by atoms with Crippen LogP contribution in [0.15, 0.2) is 53.4 Å². The number of piperidine rings is 1. The number of nitrogens with zero attached hydrogens (tertiary/aromatic N) is 2. The van der Waals surface area contributed by atoms with Gasteiger partial charge in [0.25, 0.3) is 0 Å². The van der Waals surface area contributed by atoms with Crippen molar-refractivity contribution in [2.75, 3.05) is 49.2 Å². The molecule has 10 heteroatoms. The van der Waals surface area contributed by atoms with E-state index in [1.54, 1.807) is 30.0 Å². The molecule has 2 heterocycles. The smallest absolute Gasteiger partial charge is 0.394 e. The van der Waals surface area contributed by atoms with Crippen molar-refractivity contribution < 1.29 is 23.4 Å². The number of nitrogens with one attached hydrogen (secondary N) is 2. The van der Waals surface area contributed by atoms with Crippen molar-refractivity contribution in [3.8, 4) is 11.8 Å². The number of alkyl halides is 3. The van der Waals surface area contributed by atoms with Gasteiger partial charge in [-0.1, -0.05) is 18.9 Å². The summed E-state index contributed by atoms with van der Waals surface area (Å²) >= 11 is 1.76. The molecule has 1 atom stereocenters. The normalized spacial score (nSPS) is 15.6. The van der Waals surface area contributed by atoms with Crippen LogP contribution in [0.5, 0.6) is 0 Å². The van der Waals surface area contributed by atoms with E-state index < -0.39 is 18.8 Å². The molecule has 6 nitrogen and oxygen atoms in total. The Bertz CT molecular complexity index is 1280. The molecular formula is C29H35F3N4O2S. The molecule has 1 fully saturated rings. The molecule has 39 heavy (non-hydrogen) atoms. The Balaban J connectivity index is 1.49. The zero-order valence-electron chi connectivity index (χ0n) is 22.0. The topological polar surface area (TPSA) is 72.7 Å². The molecule has 1 aliphatic rings. The zero-order valence-corrected chi connectivity index (χ0v) is 22.8. The number of thioether (sulfide) groups is 1. The van der Waals surface area contributed by atoms with Gasteiger partial charge in [-0.15, -0.1) is 11.8 Å². The van der Waals surface area contributed by atoms with Gasteiger partial charge in [0, 0.05) is 47.3 Å². The van der Waals surface area contributed by atoms with Crippen molar-refractivity contribution in [3.05, 3.63) is 54.2 Å². The van der Waals surface area contributed by atoms with E-state index in [1.807, 2.05) is 30.3 Å². The van der Waals surface area contributed by atoms with Crippen molar-refractivity contribution >= 4 is 34.0 Å². The summed E-state index contributed by atoms with van der Waals surface area (Å²) in [4.78, 5) is 3.29. The Morgan fingerprint density at radius 3 is 2.54 bits per heavy atom. The van der Waals surface area contributed by atoms with Crippen molar-refractivity contribution in [1.82, 2.24) is 9.47 Å². The molecular weight excluding hydrogens is 525 g/mol. The monoisotopic (exact) mass is 560 g/mol. The minimum atomic E-state index is -4.38. The number of β-amino-alcohol motifs (C(OH)–C–C–N with tert-alkyl or cyclic N) is 1. The number of aromatic nitrogens is 1. The van der Waals surface area contributed by atoms with Gasteiger partial charge in [0.15, 0.2) is 0 Å². The highest BCUT2D eigenvalue weighted by Gasteiger charge is 2.30. The number of hydrogen-bond acceptors (Lipinski definition) is 6. The van der Waals surface area contributed by atoms with Crippen LogP contribution < -0.4 is 10.6 Å². The first-order valence-corrected chi connectivity index (χ1v) is 14.2. The number of anilines is 2. The summed E-state index contributed by atoms with van der Waals surface area (Å²) < 4.78 is 41.8. The molecule has 0 bridgehead atoms. The fourth-order valence-electron chi connectivity index (χ4n) is 4.82. The maximum atomic E-state index is 13.5. The third-order valence-corrected chi connectivity index (χ3v) is 7.57. The van der Waals surface area contributed by atoms with E-state index in [9.17, 15) is 18.3 Å². The highest BCUT2D eigenvalue weighted by molar-refractivity contribution is 7.99. The van der Waals surface area contributed by atoms with Crippen molar-refractivity contribution in [2.24, 2.45) is 0 Å². The van der Waals surface area contributed by atoms with E-state index in [2.05, 4.69) is 34.3 Å². The Labute approximate surface area is 231 Å². The van der Waals surface area contributed by atoms with Crippen molar-refractivity contribution in [3.63, 3.8) is 0 Å². The molecule has 0 spiro atoms. The van der Waals surface area contributed by atoms with Gasteiger partial charge in [0.1, 0.15) is 6.54 Å². The second kappa shape index (κ2) is 13.5. The van der Waals surface area contributed by atoms with Gasteiger partial charge in [0.05, 0.1) is 30.5 Å². The second-order valence-electron chi connectivity index (χ2n) is 9.64. The van der Waals surface area contributed by atoms with E-state index in [0.29, 0.717) is 29.7 Å². The molecule has 1 saturated heterocycles. The molecule has 2 aromatic carbocycles. The van der Waals surface area contributed by atoms with Crippen LogP contribution in [0, 0.1) is 11.8 Å². The van der Waals surface area contributed by atoms with Crippen LogP contribution >= 0.6 is 11.8 Å². The highest BCUT2D eigenvalue weighted by atomic mass is 32.2. The van der Waals surface area contributed by atoms with Crippen molar-refractivity contribution in [2.45, 2.75) is 49.5 Å². The number of rotatable bonds is 10. The quantitative estimate of drug-likeness (QED) is 0.207. The number of aliphatic hydroxyl groups excluding tert-OH is 2. The summed E-state index contributed by atoms with van der Waals surface area (Å²) in [6.07, 6.45) is -3.48. The molecule has 1 aromatic heterocycles. The average Bonchev–Trinajstić information content (AvgIpc) is 3.25. The largest absolute Gasteiger partial charge is 0.406 e. The molecule has 0 saturated carbocycles. The summed E-state index contributed by atoms with van der Waals surface area (Å²) in [6.45, 7) is 3.00. The van der Waals surface area contributed by atoms with Gasteiger partial charge in [-0.2, -0.15) is 13.2 Å². The van der Waals surface area contributed by atoms with Gasteiger partial charge in [0.2, 0.25) is 0 Å². The first-order chi connectivity index (χ1) is 18.8. The van der Waals surface area contributed by atoms with Crippen LogP contribution in [0.4, 0.5) is 24.5 Å². The first kappa shape index (κ1) is 29.2. The zero-order chi connectivity index (χ0) is 27.8. The van der Waals surface area contributed by atoms with Gasteiger partial charge in [-0.3, -0.25) is 0 Å². The van der Waals surface area contributed by atoms with E-state index in [-0.39, 0.29) is 12.6 Å². The number of likely N-dealkylation sites (tertiary alicyclic amines) is 1. The fraction of sp³-hybridized carbons (Fsp3) is 0.448. The van der Waals surface area contributed by atoms with Crippen LogP contribution in [0.1, 0.15) is 25.5 Å². The third kappa shape index (κ3) is 8.32. The predicted molar refractivity (Wildman–Crippen MR) is 152 cm³/mol. The summed E-state index contributed by atoms with van der Waals surface area (Å²) in [5.74, 6) is 6.94. The minimum Gasteiger partial charge on any atom is -0.394 e. The Morgan fingerprint density at radius 1 is 1.13 bits per heavy atom. The number of halogens is 3. The number of benzene rings is 2. The maximum Gasteiger partial charge on any atom is 0.406 e. The number of fused-ring (bicyclic) bond motifs is 1. The van der Waals surface area contributed by atoms with E-state index in [4.69, 9.17) is 5.11 Å².